The lowest BCUT2D eigenvalue weighted by Crippen LogP contribution is -2.34. The lowest BCUT2D eigenvalue weighted by atomic mass is 10.1. The van der Waals surface area contributed by atoms with Crippen LogP contribution in [0, 0.1) is 0 Å². The highest BCUT2D eigenvalue weighted by Crippen LogP contribution is 2.31. The summed E-state index contributed by atoms with van der Waals surface area (Å²) in [6.45, 7) is 1.10. The van der Waals surface area contributed by atoms with Crippen molar-refractivity contribution in [2.45, 2.75) is 25.3 Å². The first kappa shape index (κ1) is 17.3. The van der Waals surface area contributed by atoms with E-state index in [0.29, 0.717) is 18.5 Å². The first-order valence-corrected chi connectivity index (χ1v) is 9.28. The Hall–Kier alpha value is -3.15. The van der Waals surface area contributed by atoms with E-state index in [4.69, 9.17) is 0 Å². The molecule has 4 rings (SSSR count). The van der Waals surface area contributed by atoms with Crippen LogP contribution in [0.5, 0.6) is 0 Å². The lowest BCUT2D eigenvalue weighted by Gasteiger charge is -2.25. The van der Waals surface area contributed by atoms with E-state index in [2.05, 4.69) is 15.3 Å². The maximum Gasteiger partial charge on any atom is 0.253 e. The topological polar surface area (TPSA) is 78.1 Å². The third kappa shape index (κ3) is 3.56. The van der Waals surface area contributed by atoms with E-state index < -0.39 is 0 Å². The number of fused-ring (bicyclic) bond motifs is 1. The number of hydrogen-bond donors (Lipinski definition) is 2. The van der Waals surface area contributed by atoms with Gasteiger partial charge in [-0.05, 0) is 36.6 Å². The minimum Gasteiger partial charge on any atom is -0.360 e. The van der Waals surface area contributed by atoms with Crippen molar-refractivity contribution in [3.63, 3.8) is 0 Å². The Morgan fingerprint density at radius 1 is 1.19 bits per heavy atom. The van der Waals surface area contributed by atoms with Crippen molar-refractivity contribution in [2.24, 2.45) is 0 Å². The molecule has 1 saturated heterocycles. The van der Waals surface area contributed by atoms with Crippen molar-refractivity contribution in [3.8, 4) is 0 Å². The summed E-state index contributed by atoms with van der Waals surface area (Å²) in [6, 6.07) is 11.7. The molecule has 2 aromatic heterocycles. The Morgan fingerprint density at radius 3 is 2.85 bits per heavy atom. The van der Waals surface area contributed by atoms with Crippen LogP contribution in [0.2, 0.25) is 0 Å². The lowest BCUT2D eigenvalue weighted by molar-refractivity contribution is -0.132. The number of likely N-dealkylation sites (tertiary alicyclic amines) is 1. The van der Waals surface area contributed by atoms with Gasteiger partial charge in [-0.2, -0.15) is 0 Å². The Morgan fingerprint density at radius 2 is 2.00 bits per heavy atom. The highest BCUT2D eigenvalue weighted by Gasteiger charge is 2.29. The van der Waals surface area contributed by atoms with Crippen LogP contribution in [-0.2, 0) is 4.79 Å². The van der Waals surface area contributed by atoms with Crippen molar-refractivity contribution in [2.75, 3.05) is 13.1 Å². The number of carbonyl (C=O) groups is 2. The summed E-state index contributed by atoms with van der Waals surface area (Å²) in [4.78, 5) is 34.2. The molecule has 0 unspecified atom stereocenters. The molecule has 6 nitrogen and oxygen atoms in total. The molecule has 27 heavy (non-hydrogen) atoms. The number of H-pyrrole nitrogens is 1. The van der Waals surface area contributed by atoms with Gasteiger partial charge in [0, 0.05) is 49.0 Å². The molecular weight excluding hydrogens is 340 g/mol. The second-order valence-electron chi connectivity index (χ2n) is 6.78. The third-order valence-electron chi connectivity index (χ3n) is 5.12. The summed E-state index contributed by atoms with van der Waals surface area (Å²) in [5.74, 6) is -0.0825. The monoisotopic (exact) mass is 362 g/mol. The Balaban J connectivity index is 1.35. The van der Waals surface area contributed by atoms with Crippen molar-refractivity contribution in [3.05, 3.63) is 66.1 Å². The SMILES string of the molecule is O=C(NCCC(=O)N1CCC[C@@H]1c1ccncc1)c1c[nH]c2ccccc12. The van der Waals surface area contributed by atoms with E-state index in [9.17, 15) is 9.59 Å². The van der Waals surface area contributed by atoms with Crippen LogP contribution in [-0.4, -0.2) is 39.8 Å². The summed E-state index contributed by atoms with van der Waals surface area (Å²) < 4.78 is 0. The predicted molar refractivity (Wildman–Crippen MR) is 103 cm³/mol. The van der Waals surface area contributed by atoms with E-state index in [1.165, 1.54) is 0 Å². The largest absolute Gasteiger partial charge is 0.360 e. The van der Waals surface area contributed by atoms with Gasteiger partial charge in [0.15, 0.2) is 0 Å². The van der Waals surface area contributed by atoms with E-state index in [-0.39, 0.29) is 17.9 Å². The number of benzene rings is 1. The van der Waals surface area contributed by atoms with Crippen LogP contribution in [0.25, 0.3) is 10.9 Å². The number of nitrogens with zero attached hydrogens (tertiary/aromatic N) is 2. The second kappa shape index (κ2) is 7.61. The smallest absolute Gasteiger partial charge is 0.253 e. The van der Waals surface area contributed by atoms with Crippen LogP contribution in [0.4, 0.5) is 0 Å². The molecule has 1 aliphatic heterocycles. The molecule has 0 radical (unpaired) electrons. The molecule has 3 aromatic rings. The fourth-order valence-electron chi connectivity index (χ4n) is 3.78. The quantitative estimate of drug-likeness (QED) is 0.732. The maximum absolute atomic E-state index is 12.7. The van der Waals surface area contributed by atoms with Gasteiger partial charge in [0.2, 0.25) is 5.91 Å². The van der Waals surface area contributed by atoms with Gasteiger partial charge in [-0.1, -0.05) is 18.2 Å². The predicted octanol–water partition coefficient (Wildman–Crippen LogP) is 3.05. The van der Waals surface area contributed by atoms with Crippen molar-refractivity contribution in [1.82, 2.24) is 20.2 Å². The highest BCUT2D eigenvalue weighted by molar-refractivity contribution is 6.06. The number of hydrogen-bond acceptors (Lipinski definition) is 3. The molecule has 2 N–H and O–H groups in total. The number of pyridine rings is 1. The van der Waals surface area contributed by atoms with Gasteiger partial charge in [-0.15, -0.1) is 0 Å². The van der Waals surface area contributed by atoms with Gasteiger partial charge >= 0.3 is 0 Å². The number of aromatic nitrogens is 2. The average Bonchev–Trinajstić information content (AvgIpc) is 3.36. The molecule has 0 spiro atoms. The Bertz CT molecular complexity index is 951. The van der Waals surface area contributed by atoms with Gasteiger partial charge in [0.1, 0.15) is 0 Å². The van der Waals surface area contributed by atoms with Gasteiger partial charge in [-0.3, -0.25) is 14.6 Å². The average molecular weight is 362 g/mol. The zero-order chi connectivity index (χ0) is 18.6. The van der Waals surface area contributed by atoms with Crippen LogP contribution >= 0.6 is 0 Å². The first-order chi connectivity index (χ1) is 13.2. The molecule has 138 valence electrons. The summed E-state index contributed by atoms with van der Waals surface area (Å²) in [5, 5.41) is 3.76. The highest BCUT2D eigenvalue weighted by atomic mass is 16.2. The van der Waals surface area contributed by atoms with E-state index in [0.717, 1.165) is 35.9 Å². The van der Waals surface area contributed by atoms with Gasteiger partial charge < -0.3 is 15.2 Å². The number of nitrogens with one attached hydrogen (secondary N) is 2. The summed E-state index contributed by atoms with van der Waals surface area (Å²) >= 11 is 0. The molecule has 1 fully saturated rings. The fourth-order valence-corrected chi connectivity index (χ4v) is 3.78. The normalized spacial score (nSPS) is 16.6. The second-order valence-corrected chi connectivity index (χ2v) is 6.78. The molecule has 1 aromatic carbocycles. The third-order valence-corrected chi connectivity index (χ3v) is 5.12. The minimum atomic E-state index is -0.160. The molecule has 0 saturated carbocycles. The number of amides is 2. The molecule has 0 aliphatic carbocycles. The van der Waals surface area contributed by atoms with E-state index in [1.807, 2.05) is 41.3 Å². The number of rotatable bonds is 5. The molecule has 3 heterocycles. The maximum atomic E-state index is 12.7. The van der Waals surface area contributed by atoms with Crippen LogP contribution in [0.15, 0.2) is 55.0 Å². The molecule has 6 heteroatoms. The molecule has 2 amide bonds. The van der Waals surface area contributed by atoms with Crippen LogP contribution in [0.3, 0.4) is 0 Å². The van der Waals surface area contributed by atoms with Crippen molar-refractivity contribution in [1.29, 1.82) is 0 Å². The Kier molecular flexibility index (Phi) is 4.87. The van der Waals surface area contributed by atoms with E-state index >= 15 is 0 Å². The molecular formula is C21H22N4O2. The van der Waals surface area contributed by atoms with Crippen molar-refractivity contribution < 1.29 is 9.59 Å². The standard InChI is InChI=1S/C21H22N4O2/c26-20(25-13-3-6-19(25)15-7-10-22-11-8-15)9-12-23-21(27)17-14-24-18-5-2-1-4-16(17)18/h1-2,4-5,7-8,10-11,14,19,24H,3,6,9,12-13H2,(H,23,27)/t19-/m1/s1. The van der Waals surface area contributed by atoms with Gasteiger partial charge in [0.05, 0.1) is 11.6 Å². The summed E-state index contributed by atoms with van der Waals surface area (Å²) in [6.07, 6.45) is 7.50. The molecule has 1 atom stereocenters. The number of aromatic amines is 1. The minimum absolute atomic E-state index is 0.0774. The first-order valence-electron chi connectivity index (χ1n) is 9.28. The van der Waals surface area contributed by atoms with E-state index in [1.54, 1.807) is 18.6 Å². The van der Waals surface area contributed by atoms with Crippen molar-refractivity contribution >= 4 is 22.7 Å². The zero-order valence-corrected chi connectivity index (χ0v) is 15.0. The fraction of sp³-hybridized carbons (Fsp3) is 0.286. The zero-order valence-electron chi connectivity index (χ0n) is 15.0. The number of para-hydroxylation sites is 1. The molecule has 0 bridgehead atoms. The summed E-state index contributed by atoms with van der Waals surface area (Å²) in [7, 11) is 0. The van der Waals surface area contributed by atoms with Gasteiger partial charge in [0.25, 0.3) is 5.91 Å². The Labute approximate surface area is 157 Å². The summed E-state index contributed by atoms with van der Waals surface area (Å²) in [5.41, 5.74) is 2.66. The van der Waals surface area contributed by atoms with Crippen LogP contribution < -0.4 is 5.32 Å². The number of carbonyl (C=O) groups excluding carboxylic acids is 2. The van der Waals surface area contributed by atoms with Gasteiger partial charge in [-0.25, -0.2) is 0 Å². The van der Waals surface area contributed by atoms with Crippen LogP contribution in [0.1, 0.15) is 41.2 Å². The molecule has 1 aliphatic rings.